The Labute approximate surface area is 177 Å². The van der Waals surface area contributed by atoms with Crippen LogP contribution in [0.4, 0.5) is 5.69 Å². The van der Waals surface area contributed by atoms with Gasteiger partial charge in [0.1, 0.15) is 5.69 Å². The van der Waals surface area contributed by atoms with Crippen LogP contribution in [0.5, 0.6) is 0 Å². The van der Waals surface area contributed by atoms with E-state index in [4.69, 9.17) is 4.74 Å². The number of carbonyl (C=O) groups excluding carboxylic acids is 1. The molecule has 1 amide bonds. The van der Waals surface area contributed by atoms with Crippen LogP contribution in [0.25, 0.3) is 0 Å². The van der Waals surface area contributed by atoms with Gasteiger partial charge in [-0.25, -0.2) is 0 Å². The molecule has 2 aliphatic heterocycles. The molecule has 0 radical (unpaired) electrons. The largest absolute Gasteiger partial charge is 0.390 e. The number of hydrogen-bond donors (Lipinski definition) is 3. The number of amides is 1. The molecule has 3 heterocycles. The third-order valence-electron chi connectivity index (χ3n) is 5.76. The smallest absolute Gasteiger partial charge is 0.270 e. The van der Waals surface area contributed by atoms with E-state index in [0.717, 1.165) is 51.3 Å². The zero-order chi connectivity index (χ0) is 20.8. The molecule has 0 aliphatic carbocycles. The van der Waals surface area contributed by atoms with Crippen molar-refractivity contribution >= 4 is 11.6 Å². The maximum atomic E-state index is 12.5. The van der Waals surface area contributed by atoms with Gasteiger partial charge in [0.25, 0.3) is 5.91 Å². The number of nitrogens with one attached hydrogen (secondary N) is 2. The molecule has 1 atom stereocenters. The molecular weight excluding hydrogens is 380 g/mol. The Kier molecular flexibility index (Phi) is 6.94. The van der Waals surface area contributed by atoms with E-state index >= 15 is 0 Å². The summed E-state index contributed by atoms with van der Waals surface area (Å²) in [6, 6.07) is 12.4. The lowest BCUT2D eigenvalue weighted by molar-refractivity contribution is 0.0838. The molecule has 160 valence electrons. The van der Waals surface area contributed by atoms with Crippen LogP contribution in [0.15, 0.2) is 42.6 Å². The summed E-state index contributed by atoms with van der Waals surface area (Å²) in [4.78, 5) is 18.9. The highest BCUT2D eigenvalue weighted by Gasteiger charge is 2.19. The van der Waals surface area contributed by atoms with Crippen molar-refractivity contribution in [3.8, 4) is 0 Å². The van der Waals surface area contributed by atoms with Crippen LogP contribution in [0.2, 0.25) is 0 Å². The lowest BCUT2D eigenvalue weighted by Gasteiger charge is -2.30. The molecule has 30 heavy (non-hydrogen) atoms. The fraction of sp³-hybridized carbons (Fsp3) is 0.478. The van der Waals surface area contributed by atoms with Gasteiger partial charge in [-0.3, -0.25) is 14.7 Å². The molecule has 2 aliphatic rings. The topological polar surface area (TPSA) is 86.7 Å². The first-order chi connectivity index (χ1) is 14.7. The number of nitrogens with zero attached hydrogens (tertiary/aromatic N) is 2. The number of ether oxygens (including phenoxy) is 1. The Morgan fingerprint density at radius 3 is 2.87 bits per heavy atom. The number of fused-ring (bicyclic) bond motifs is 1. The lowest BCUT2D eigenvalue weighted by atomic mass is 10.00. The third kappa shape index (κ3) is 5.56. The SMILES string of the molecule is O=C(NC[C@H](O)CN1CCc2ccccc2C1)c1cc(NC2CCOCC2)ccn1. The fourth-order valence-electron chi connectivity index (χ4n) is 4.10. The summed E-state index contributed by atoms with van der Waals surface area (Å²) in [5.41, 5.74) is 3.94. The van der Waals surface area contributed by atoms with Gasteiger partial charge in [-0.2, -0.15) is 0 Å². The standard InChI is InChI=1S/C23H30N4O3/c28-21(16-27-10-6-17-3-1-2-4-18(17)15-27)14-25-23(29)22-13-20(5-9-24-22)26-19-7-11-30-12-8-19/h1-5,9,13,19,21,28H,6-8,10-12,14-16H2,(H,24,26)(H,25,29)/t21-/m0/s1. The fourth-order valence-corrected chi connectivity index (χ4v) is 4.10. The Bertz CT molecular complexity index is 854. The second kappa shape index (κ2) is 10.0. The Hall–Kier alpha value is -2.48. The molecule has 1 aromatic carbocycles. The van der Waals surface area contributed by atoms with E-state index in [2.05, 4.69) is 44.8 Å². The van der Waals surface area contributed by atoms with E-state index in [0.29, 0.717) is 18.3 Å². The Balaban J connectivity index is 1.24. The monoisotopic (exact) mass is 410 g/mol. The number of aliphatic hydroxyl groups is 1. The minimum Gasteiger partial charge on any atom is -0.390 e. The molecule has 2 aromatic rings. The van der Waals surface area contributed by atoms with E-state index in [9.17, 15) is 9.90 Å². The van der Waals surface area contributed by atoms with Gasteiger partial charge in [0.15, 0.2) is 0 Å². The maximum Gasteiger partial charge on any atom is 0.270 e. The van der Waals surface area contributed by atoms with Crippen LogP contribution in [0.3, 0.4) is 0 Å². The van der Waals surface area contributed by atoms with Crippen molar-refractivity contribution in [1.82, 2.24) is 15.2 Å². The third-order valence-corrected chi connectivity index (χ3v) is 5.76. The zero-order valence-corrected chi connectivity index (χ0v) is 17.2. The molecule has 7 nitrogen and oxygen atoms in total. The van der Waals surface area contributed by atoms with Crippen molar-refractivity contribution in [1.29, 1.82) is 0 Å². The van der Waals surface area contributed by atoms with Crippen molar-refractivity contribution in [2.45, 2.75) is 38.0 Å². The van der Waals surface area contributed by atoms with Gasteiger partial charge >= 0.3 is 0 Å². The molecule has 1 saturated heterocycles. The summed E-state index contributed by atoms with van der Waals surface area (Å²) in [5.74, 6) is -0.270. The van der Waals surface area contributed by atoms with E-state index in [1.807, 2.05) is 6.07 Å². The van der Waals surface area contributed by atoms with Gasteiger partial charge in [0, 0.05) is 57.3 Å². The molecule has 1 aromatic heterocycles. The van der Waals surface area contributed by atoms with Crippen LogP contribution < -0.4 is 10.6 Å². The van der Waals surface area contributed by atoms with Gasteiger partial charge < -0.3 is 20.5 Å². The molecule has 0 unspecified atom stereocenters. The van der Waals surface area contributed by atoms with Crippen molar-refractivity contribution in [3.05, 3.63) is 59.4 Å². The van der Waals surface area contributed by atoms with Crippen LogP contribution in [-0.4, -0.2) is 65.9 Å². The highest BCUT2D eigenvalue weighted by atomic mass is 16.5. The van der Waals surface area contributed by atoms with Crippen molar-refractivity contribution < 1.29 is 14.6 Å². The number of aliphatic hydroxyl groups excluding tert-OH is 1. The summed E-state index contributed by atoms with van der Waals surface area (Å²) < 4.78 is 5.38. The number of benzene rings is 1. The highest BCUT2D eigenvalue weighted by molar-refractivity contribution is 5.93. The normalized spacial score (nSPS) is 18.4. The molecule has 0 spiro atoms. The lowest BCUT2D eigenvalue weighted by Crippen LogP contribution is -2.42. The second-order valence-electron chi connectivity index (χ2n) is 8.08. The van der Waals surface area contributed by atoms with E-state index in [1.54, 1.807) is 12.3 Å². The van der Waals surface area contributed by atoms with Crippen LogP contribution in [0.1, 0.15) is 34.5 Å². The van der Waals surface area contributed by atoms with Gasteiger partial charge in [-0.15, -0.1) is 0 Å². The quantitative estimate of drug-likeness (QED) is 0.646. The first-order valence-electron chi connectivity index (χ1n) is 10.7. The Morgan fingerprint density at radius 2 is 2.03 bits per heavy atom. The van der Waals surface area contributed by atoms with Gasteiger partial charge in [-0.05, 0) is 42.5 Å². The summed E-state index contributed by atoms with van der Waals surface area (Å²) in [5, 5.41) is 16.7. The zero-order valence-electron chi connectivity index (χ0n) is 17.2. The van der Waals surface area contributed by atoms with Crippen LogP contribution >= 0.6 is 0 Å². The molecular formula is C23H30N4O3. The predicted molar refractivity (Wildman–Crippen MR) is 115 cm³/mol. The molecule has 4 rings (SSSR count). The first kappa shape index (κ1) is 20.8. The molecule has 0 saturated carbocycles. The Morgan fingerprint density at radius 1 is 1.23 bits per heavy atom. The maximum absolute atomic E-state index is 12.5. The van der Waals surface area contributed by atoms with Crippen molar-refractivity contribution in [3.63, 3.8) is 0 Å². The molecule has 3 N–H and O–H groups in total. The van der Waals surface area contributed by atoms with Crippen LogP contribution in [0, 0.1) is 0 Å². The number of rotatable bonds is 7. The minimum atomic E-state index is -0.622. The number of pyridine rings is 1. The summed E-state index contributed by atoms with van der Waals surface area (Å²) >= 11 is 0. The summed E-state index contributed by atoms with van der Waals surface area (Å²) in [6.45, 7) is 4.02. The number of anilines is 1. The van der Waals surface area contributed by atoms with E-state index in [-0.39, 0.29) is 12.5 Å². The summed E-state index contributed by atoms with van der Waals surface area (Å²) in [6.07, 6.45) is 3.92. The number of carbonyl (C=O) groups is 1. The van der Waals surface area contributed by atoms with E-state index in [1.165, 1.54) is 11.1 Å². The average Bonchev–Trinajstić information content (AvgIpc) is 2.78. The second-order valence-corrected chi connectivity index (χ2v) is 8.08. The van der Waals surface area contributed by atoms with Gasteiger partial charge in [0.05, 0.1) is 6.10 Å². The van der Waals surface area contributed by atoms with Crippen molar-refractivity contribution in [2.75, 3.05) is 38.2 Å². The molecule has 0 bridgehead atoms. The first-order valence-corrected chi connectivity index (χ1v) is 10.7. The molecule has 1 fully saturated rings. The van der Waals surface area contributed by atoms with Crippen molar-refractivity contribution in [2.24, 2.45) is 0 Å². The summed E-state index contributed by atoms with van der Waals surface area (Å²) in [7, 11) is 0. The predicted octanol–water partition coefficient (Wildman–Crippen LogP) is 1.82. The van der Waals surface area contributed by atoms with Gasteiger partial charge in [0.2, 0.25) is 0 Å². The van der Waals surface area contributed by atoms with E-state index < -0.39 is 6.10 Å². The minimum absolute atomic E-state index is 0.205. The van der Waals surface area contributed by atoms with Gasteiger partial charge in [-0.1, -0.05) is 24.3 Å². The molecule has 7 heteroatoms. The van der Waals surface area contributed by atoms with Crippen LogP contribution in [-0.2, 0) is 17.7 Å². The number of β-amino-alcohol motifs (C(OH)–C–C–N with tert-alkyl or cyclic N) is 1. The average molecular weight is 411 g/mol. The number of hydrogen-bond acceptors (Lipinski definition) is 6. The highest BCUT2D eigenvalue weighted by Crippen LogP contribution is 2.18. The number of aromatic nitrogens is 1.